The summed E-state index contributed by atoms with van der Waals surface area (Å²) in [6.45, 7) is 7.63. The van der Waals surface area contributed by atoms with E-state index in [1.807, 2.05) is 76.6 Å². The van der Waals surface area contributed by atoms with Gasteiger partial charge in [-0.25, -0.2) is 9.97 Å². The van der Waals surface area contributed by atoms with Crippen LogP contribution in [0.5, 0.6) is 0 Å². The third-order valence-corrected chi connectivity index (χ3v) is 6.39. The quantitative estimate of drug-likeness (QED) is 0.327. The zero-order chi connectivity index (χ0) is 24.9. The molecule has 0 unspecified atom stereocenters. The summed E-state index contributed by atoms with van der Waals surface area (Å²) < 4.78 is 1.94. The maximum absolute atomic E-state index is 12.8. The van der Waals surface area contributed by atoms with Crippen LogP contribution in [0, 0.1) is 0 Å². The first kappa shape index (κ1) is 23.4. The molecule has 5 aromatic rings. The highest BCUT2D eigenvalue weighted by Crippen LogP contribution is 2.38. The number of amides is 1. The van der Waals surface area contributed by atoms with Crippen LogP contribution < -0.4 is 10.2 Å². The number of carbonyl (C=O) groups is 1. The number of hydrogen-bond donors (Lipinski definition) is 1. The van der Waals surface area contributed by atoms with E-state index in [-0.39, 0.29) is 5.91 Å². The maximum atomic E-state index is 12.8. The number of nitrogens with one attached hydrogen (secondary N) is 1. The van der Waals surface area contributed by atoms with Crippen molar-refractivity contribution < 1.29 is 4.79 Å². The molecule has 0 saturated carbocycles. The Morgan fingerprint density at radius 3 is 2.47 bits per heavy atom. The minimum atomic E-state index is -0.0828. The number of benzene rings is 2. The zero-order valence-corrected chi connectivity index (χ0v) is 20.5. The Bertz CT molecular complexity index is 1470. The van der Waals surface area contributed by atoms with E-state index >= 15 is 0 Å². The van der Waals surface area contributed by atoms with Gasteiger partial charge in [0.25, 0.3) is 5.91 Å². The monoisotopic (exact) mass is 479 g/mol. The number of rotatable bonds is 9. The molecular formula is C28H29N7O. The SMILES string of the molecule is CCN(CC)CCNC(=O)c1ccc(N(c2cncc3ccccc23)c2nccn3ccnc23)cc1. The number of nitrogens with zero attached hydrogens (tertiary/aromatic N) is 6. The van der Waals surface area contributed by atoms with Crippen LogP contribution in [0.1, 0.15) is 24.2 Å². The summed E-state index contributed by atoms with van der Waals surface area (Å²) in [5.41, 5.74) is 3.08. The molecular weight excluding hydrogens is 450 g/mol. The number of carbonyl (C=O) groups excluding carboxylic acids is 1. The van der Waals surface area contributed by atoms with E-state index in [1.165, 1.54) is 0 Å². The topological polar surface area (TPSA) is 78.7 Å². The fourth-order valence-electron chi connectivity index (χ4n) is 4.38. The molecule has 0 aliphatic carbocycles. The number of anilines is 3. The van der Waals surface area contributed by atoms with Crippen LogP contribution >= 0.6 is 0 Å². The molecule has 2 aromatic carbocycles. The van der Waals surface area contributed by atoms with E-state index in [9.17, 15) is 4.79 Å². The van der Waals surface area contributed by atoms with Crippen molar-refractivity contribution in [1.82, 2.24) is 29.6 Å². The van der Waals surface area contributed by atoms with Crippen molar-refractivity contribution in [2.45, 2.75) is 13.8 Å². The normalized spacial score (nSPS) is 11.3. The predicted molar refractivity (Wildman–Crippen MR) is 143 cm³/mol. The number of pyridine rings is 1. The van der Waals surface area contributed by atoms with Crippen LogP contribution in [-0.2, 0) is 0 Å². The zero-order valence-electron chi connectivity index (χ0n) is 20.5. The molecule has 8 nitrogen and oxygen atoms in total. The molecule has 3 heterocycles. The lowest BCUT2D eigenvalue weighted by molar-refractivity contribution is 0.0949. The van der Waals surface area contributed by atoms with Crippen LogP contribution in [0.3, 0.4) is 0 Å². The van der Waals surface area contributed by atoms with Crippen LogP contribution in [0.2, 0.25) is 0 Å². The van der Waals surface area contributed by atoms with Crippen molar-refractivity contribution in [1.29, 1.82) is 0 Å². The summed E-state index contributed by atoms with van der Waals surface area (Å²) >= 11 is 0. The fourth-order valence-corrected chi connectivity index (χ4v) is 4.38. The van der Waals surface area contributed by atoms with Crippen molar-refractivity contribution in [3.8, 4) is 0 Å². The van der Waals surface area contributed by atoms with E-state index in [2.05, 4.69) is 40.1 Å². The lowest BCUT2D eigenvalue weighted by Gasteiger charge is -2.25. The first-order chi connectivity index (χ1) is 17.7. The molecule has 0 spiro atoms. The number of fused-ring (bicyclic) bond motifs is 2. The number of aromatic nitrogens is 4. The fraction of sp³-hybridized carbons (Fsp3) is 0.214. The van der Waals surface area contributed by atoms with E-state index in [0.717, 1.165) is 47.4 Å². The predicted octanol–water partition coefficient (Wildman–Crippen LogP) is 4.82. The summed E-state index contributed by atoms with van der Waals surface area (Å²) in [4.78, 5) is 30.8. The van der Waals surface area contributed by atoms with Crippen molar-refractivity contribution in [3.05, 3.63) is 91.3 Å². The Balaban J connectivity index is 1.51. The highest BCUT2D eigenvalue weighted by molar-refractivity contribution is 5.99. The van der Waals surface area contributed by atoms with Gasteiger partial charge in [0.15, 0.2) is 11.5 Å². The molecule has 5 rings (SSSR count). The van der Waals surface area contributed by atoms with Gasteiger partial charge in [-0.1, -0.05) is 38.1 Å². The molecule has 36 heavy (non-hydrogen) atoms. The Hall–Kier alpha value is -4.30. The Morgan fingerprint density at radius 2 is 1.69 bits per heavy atom. The van der Waals surface area contributed by atoms with Crippen LogP contribution in [0.4, 0.5) is 17.2 Å². The van der Waals surface area contributed by atoms with Gasteiger partial charge in [0.2, 0.25) is 0 Å². The van der Waals surface area contributed by atoms with E-state index in [0.29, 0.717) is 17.9 Å². The third-order valence-electron chi connectivity index (χ3n) is 6.39. The van der Waals surface area contributed by atoms with E-state index in [4.69, 9.17) is 4.98 Å². The van der Waals surface area contributed by atoms with Gasteiger partial charge >= 0.3 is 0 Å². The summed E-state index contributed by atoms with van der Waals surface area (Å²) in [6.07, 6.45) is 11.0. The van der Waals surface area contributed by atoms with Crippen LogP contribution in [0.25, 0.3) is 16.4 Å². The van der Waals surface area contributed by atoms with Gasteiger partial charge in [0, 0.05) is 66.1 Å². The van der Waals surface area contributed by atoms with Gasteiger partial charge in [-0.05, 0) is 37.4 Å². The summed E-state index contributed by atoms with van der Waals surface area (Å²) in [7, 11) is 0. The highest BCUT2D eigenvalue weighted by atomic mass is 16.1. The number of hydrogen-bond acceptors (Lipinski definition) is 6. The maximum Gasteiger partial charge on any atom is 0.251 e. The third kappa shape index (κ3) is 4.63. The van der Waals surface area contributed by atoms with Crippen molar-refractivity contribution in [2.24, 2.45) is 0 Å². The van der Waals surface area contributed by atoms with Crippen LogP contribution in [0.15, 0.2) is 85.7 Å². The van der Waals surface area contributed by atoms with Gasteiger partial charge in [0.05, 0.1) is 11.9 Å². The first-order valence-corrected chi connectivity index (χ1v) is 12.2. The molecule has 0 saturated heterocycles. The summed E-state index contributed by atoms with van der Waals surface area (Å²) in [6, 6.07) is 15.7. The van der Waals surface area contributed by atoms with Gasteiger partial charge in [-0.3, -0.25) is 14.7 Å². The number of likely N-dealkylation sites (N-methyl/N-ethyl adjacent to an activating group) is 1. The first-order valence-electron chi connectivity index (χ1n) is 12.2. The molecule has 8 heteroatoms. The molecule has 0 aliphatic rings. The molecule has 182 valence electrons. The van der Waals surface area contributed by atoms with Crippen molar-refractivity contribution >= 4 is 39.5 Å². The van der Waals surface area contributed by atoms with Crippen molar-refractivity contribution in [3.63, 3.8) is 0 Å². The van der Waals surface area contributed by atoms with Gasteiger partial charge in [-0.15, -0.1) is 0 Å². The average Bonchev–Trinajstić information content (AvgIpc) is 3.42. The average molecular weight is 480 g/mol. The van der Waals surface area contributed by atoms with Crippen LogP contribution in [-0.4, -0.2) is 56.3 Å². The van der Waals surface area contributed by atoms with E-state index in [1.54, 1.807) is 12.4 Å². The van der Waals surface area contributed by atoms with Crippen molar-refractivity contribution in [2.75, 3.05) is 31.1 Å². The minimum Gasteiger partial charge on any atom is -0.351 e. The lowest BCUT2D eigenvalue weighted by atomic mass is 10.1. The lowest BCUT2D eigenvalue weighted by Crippen LogP contribution is -2.34. The highest BCUT2D eigenvalue weighted by Gasteiger charge is 2.20. The van der Waals surface area contributed by atoms with Gasteiger partial charge < -0.3 is 14.6 Å². The Kier molecular flexibility index (Phi) is 6.86. The van der Waals surface area contributed by atoms with Gasteiger partial charge in [0.1, 0.15) is 0 Å². The number of imidazole rings is 1. The molecule has 0 radical (unpaired) electrons. The second-order valence-electron chi connectivity index (χ2n) is 8.45. The summed E-state index contributed by atoms with van der Waals surface area (Å²) in [5, 5.41) is 5.10. The largest absolute Gasteiger partial charge is 0.351 e. The molecule has 0 bridgehead atoms. The molecule has 1 amide bonds. The van der Waals surface area contributed by atoms with E-state index < -0.39 is 0 Å². The molecule has 0 atom stereocenters. The second-order valence-corrected chi connectivity index (χ2v) is 8.45. The standard InChI is InChI=1S/C28H29N7O/c1-3-33(4-2)16-13-32-28(36)21-9-11-23(12-10-21)35(27-26-30-14-17-34(26)18-15-31-27)25-20-29-19-22-7-5-6-8-24(22)25/h5-12,14-15,17-20H,3-4,13,16H2,1-2H3,(H,32,36). The minimum absolute atomic E-state index is 0.0828. The van der Waals surface area contributed by atoms with Gasteiger partial charge in [-0.2, -0.15) is 0 Å². The molecule has 0 fully saturated rings. The summed E-state index contributed by atoms with van der Waals surface area (Å²) in [5.74, 6) is 0.595. The molecule has 3 aromatic heterocycles. The smallest absolute Gasteiger partial charge is 0.251 e. The second kappa shape index (κ2) is 10.5. The molecule has 0 aliphatic heterocycles. The Morgan fingerprint density at radius 1 is 0.944 bits per heavy atom. The molecule has 1 N–H and O–H groups in total. The Labute approximate surface area is 210 Å².